The lowest BCUT2D eigenvalue weighted by atomic mass is 10.2. The second-order valence-corrected chi connectivity index (χ2v) is 4.10. The standard InChI is InChI=1S/C12H10F2N2OS/c13-9-3-8(12(15)18)4-10(14)11(9)16-5-7-1-2-17-6-7/h1-4,6,16H,5H2,(H2,15,18). The molecule has 0 aliphatic heterocycles. The third kappa shape index (κ3) is 2.65. The predicted octanol–water partition coefficient (Wildman–Crippen LogP) is 2.80. The summed E-state index contributed by atoms with van der Waals surface area (Å²) in [5.74, 6) is -1.47. The molecule has 3 nitrogen and oxygen atoms in total. The van der Waals surface area contributed by atoms with E-state index in [0.29, 0.717) is 0 Å². The van der Waals surface area contributed by atoms with Crippen molar-refractivity contribution in [2.45, 2.75) is 6.54 Å². The Labute approximate surface area is 108 Å². The van der Waals surface area contributed by atoms with Crippen LogP contribution in [0, 0.1) is 11.6 Å². The van der Waals surface area contributed by atoms with Crippen LogP contribution in [0.5, 0.6) is 0 Å². The van der Waals surface area contributed by atoms with Crippen LogP contribution in [-0.2, 0) is 6.54 Å². The van der Waals surface area contributed by atoms with Crippen molar-refractivity contribution >= 4 is 22.9 Å². The molecule has 1 aromatic carbocycles. The molecule has 94 valence electrons. The lowest BCUT2D eigenvalue weighted by Crippen LogP contribution is -2.12. The number of hydrogen-bond acceptors (Lipinski definition) is 3. The molecule has 0 saturated heterocycles. The fraction of sp³-hybridized carbons (Fsp3) is 0.0833. The molecule has 0 unspecified atom stereocenters. The van der Waals surface area contributed by atoms with Crippen LogP contribution in [0.25, 0.3) is 0 Å². The molecular formula is C12H10F2N2OS. The van der Waals surface area contributed by atoms with E-state index in [1.54, 1.807) is 6.07 Å². The molecule has 2 aromatic rings. The summed E-state index contributed by atoms with van der Waals surface area (Å²) in [6, 6.07) is 3.90. The quantitative estimate of drug-likeness (QED) is 0.837. The zero-order chi connectivity index (χ0) is 13.1. The van der Waals surface area contributed by atoms with Gasteiger partial charge in [0.15, 0.2) is 0 Å². The van der Waals surface area contributed by atoms with Crippen LogP contribution >= 0.6 is 12.2 Å². The van der Waals surface area contributed by atoms with E-state index in [0.717, 1.165) is 17.7 Å². The summed E-state index contributed by atoms with van der Waals surface area (Å²) in [5.41, 5.74) is 6.05. The van der Waals surface area contributed by atoms with E-state index in [1.807, 2.05) is 0 Å². The Bertz CT molecular complexity index is 546. The highest BCUT2D eigenvalue weighted by atomic mass is 32.1. The van der Waals surface area contributed by atoms with E-state index < -0.39 is 11.6 Å². The minimum atomic E-state index is -0.735. The summed E-state index contributed by atoms with van der Waals surface area (Å²) in [6.45, 7) is 0.261. The second kappa shape index (κ2) is 5.14. The average molecular weight is 268 g/mol. The van der Waals surface area contributed by atoms with E-state index in [1.165, 1.54) is 12.5 Å². The lowest BCUT2D eigenvalue weighted by molar-refractivity contribution is 0.563. The van der Waals surface area contributed by atoms with Crippen molar-refractivity contribution < 1.29 is 13.2 Å². The molecule has 18 heavy (non-hydrogen) atoms. The highest BCUT2D eigenvalue weighted by Gasteiger charge is 2.12. The third-order valence-electron chi connectivity index (χ3n) is 2.38. The average Bonchev–Trinajstić information content (AvgIpc) is 2.80. The number of benzene rings is 1. The van der Waals surface area contributed by atoms with E-state index in [9.17, 15) is 8.78 Å². The molecule has 0 spiro atoms. The Balaban J connectivity index is 2.20. The zero-order valence-corrected chi connectivity index (χ0v) is 10.1. The number of rotatable bonds is 4. The Morgan fingerprint density at radius 2 is 2.00 bits per heavy atom. The first-order valence-electron chi connectivity index (χ1n) is 5.11. The molecule has 0 aliphatic rings. The van der Waals surface area contributed by atoms with Crippen LogP contribution in [0.1, 0.15) is 11.1 Å². The first-order chi connectivity index (χ1) is 8.58. The monoisotopic (exact) mass is 268 g/mol. The number of thiocarbonyl (C=S) groups is 1. The maximum atomic E-state index is 13.7. The Morgan fingerprint density at radius 3 is 2.50 bits per heavy atom. The fourth-order valence-corrected chi connectivity index (χ4v) is 1.59. The van der Waals surface area contributed by atoms with Crippen molar-refractivity contribution in [2.24, 2.45) is 5.73 Å². The van der Waals surface area contributed by atoms with Gasteiger partial charge in [-0.2, -0.15) is 0 Å². The summed E-state index contributed by atoms with van der Waals surface area (Å²) < 4.78 is 32.2. The molecule has 0 saturated carbocycles. The molecule has 0 fully saturated rings. The number of nitrogens with one attached hydrogen (secondary N) is 1. The maximum Gasteiger partial charge on any atom is 0.150 e. The molecule has 0 bridgehead atoms. The summed E-state index contributed by atoms with van der Waals surface area (Å²) in [6.07, 6.45) is 2.98. The molecule has 0 atom stereocenters. The van der Waals surface area contributed by atoms with Gasteiger partial charge in [0.05, 0.1) is 12.5 Å². The number of hydrogen-bond donors (Lipinski definition) is 2. The van der Waals surface area contributed by atoms with Crippen molar-refractivity contribution in [1.29, 1.82) is 0 Å². The summed E-state index contributed by atoms with van der Waals surface area (Å²) in [5, 5.41) is 2.66. The molecule has 6 heteroatoms. The molecule has 2 rings (SSSR count). The van der Waals surface area contributed by atoms with Crippen molar-refractivity contribution in [3.63, 3.8) is 0 Å². The zero-order valence-electron chi connectivity index (χ0n) is 9.24. The van der Waals surface area contributed by atoms with Gasteiger partial charge < -0.3 is 15.5 Å². The minimum absolute atomic E-state index is 0.0471. The first-order valence-corrected chi connectivity index (χ1v) is 5.52. The number of halogens is 2. The SMILES string of the molecule is NC(=S)c1cc(F)c(NCc2ccoc2)c(F)c1. The fourth-order valence-electron chi connectivity index (χ4n) is 1.47. The van der Waals surface area contributed by atoms with Crippen LogP contribution in [0.2, 0.25) is 0 Å². The molecular weight excluding hydrogens is 258 g/mol. The van der Waals surface area contributed by atoms with Gasteiger partial charge in [-0.05, 0) is 18.2 Å². The summed E-state index contributed by atoms with van der Waals surface area (Å²) in [4.78, 5) is -0.0471. The van der Waals surface area contributed by atoms with E-state index in [-0.39, 0.29) is 22.8 Å². The lowest BCUT2D eigenvalue weighted by Gasteiger charge is -2.09. The predicted molar refractivity (Wildman–Crippen MR) is 68.3 cm³/mol. The topological polar surface area (TPSA) is 51.2 Å². The van der Waals surface area contributed by atoms with Crippen LogP contribution in [0.4, 0.5) is 14.5 Å². The first kappa shape index (κ1) is 12.5. The minimum Gasteiger partial charge on any atom is -0.472 e. The van der Waals surface area contributed by atoms with Gasteiger partial charge in [-0.15, -0.1) is 0 Å². The largest absolute Gasteiger partial charge is 0.472 e. The molecule has 3 N–H and O–H groups in total. The van der Waals surface area contributed by atoms with Gasteiger partial charge >= 0.3 is 0 Å². The Kier molecular flexibility index (Phi) is 3.57. The molecule has 1 heterocycles. The molecule has 0 radical (unpaired) electrons. The highest BCUT2D eigenvalue weighted by Crippen LogP contribution is 2.21. The summed E-state index contributed by atoms with van der Waals surface area (Å²) in [7, 11) is 0. The van der Waals surface area contributed by atoms with Gasteiger partial charge in [-0.3, -0.25) is 0 Å². The molecule has 1 aromatic heterocycles. The van der Waals surface area contributed by atoms with Gasteiger partial charge in [0.25, 0.3) is 0 Å². The molecule has 0 aliphatic carbocycles. The van der Waals surface area contributed by atoms with Gasteiger partial charge in [-0.1, -0.05) is 12.2 Å². The van der Waals surface area contributed by atoms with E-state index in [4.69, 9.17) is 10.2 Å². The maximum absolute atomic E-state index is 13.7. The van der Waals surface area contributed by atoms with Crippen LogP contribution in [0.3, 0.4) is 0 Å². The third-order valence-corrected chi connectivity index (χ3v) is 2.61. The van der Waals surface area contributed by atoms with Gasteiger partial charge in [0, 0.05) is 17.7 Å². The van der Waals surface area contributed by atoms with E-state index >= 15 is 0 Å². The van der Waals surface area contributed by atoms with Crippen LogP contribution in [-0.4, -0.2) is 4.99 Å². The normalized spacial score (nSPS) is 10.3. The Hall–Kier alpha value is -1.95. The van der Waals surface area contributed by atoms with E-state index in [2.05, 4.69) is 17.5 Å². The highest BCUT2D eigenvalue weighted by molar-refractivity contribution is 7.80. The van der Waals surface area contributed by atoms with Gasteiger partial charge in [0.2, 0.25) is 0 Å². The van der Waals surface area contributed by atoms with Crippen molar-refractivity contribution in [3.05, 3.63) is 53.5 Å². The van der Waals surface area contributed by atoms with Crippen molar-refractivity contribution in [3.8, 4) is 0 Å². The number of nitrogens with two attached hydrogens (primary N) is 1. The van der Waals surface area contributed by atoms with Crippen LogP contribution < -0.4 is 11.1 Å². The Morgan fingerprint density at radius 1 is 1.33 bits per heavy atom. The van der Waals surface area contributed by atoms with Crippen LogP contribution in [0.15, 0.2) is 35.1 Å². The number of anilines is 1. The van der Waals surface area contributed by atoms with Gasteiger partial charge in [0.1, 0.15) is 22.3 Å². The number of furan rings is 1. The summed E-state index contributed by atoms with van der Waals surface area (Å²) >= 11 is 4.67. The molecule has 0 amide bonds. The smallest absolute Gasteiger partial charge is 0.150 e. The second-order valence-electron chi connectivity index (χ2n) is 3.66. The van der Waals surface area contributed by atoms with Gasteiger partial charge in [-0.25, -0.2) is 8.78 Å². The van der Waals surface area contributed by atoms with Crippen molar-refractivity contribution in [1.82, 2.24) is 0 Å². The van der Waals surface area contributed by atoms with Crippen molar-refractivity contribution in [2.75, 3.05) is 5.32 Å².